The molecule has 0 aromatic carbocycles. The molecule has 0 bridgehead atoms. The van der Waals surface area contributed by atoms with Gasteiger partial charge in [-0.1, -0.05) is 13.8 Å². The summed E-state index contributed by atoms with van der Waals surface area (Å²) >= 11 is 1.63. The Kier molecular flexibility index (Phi) is 6.20. The molecular weight excluding hydrogens is 284 g/mol. The van der Waals surface area contributed by atoms with Crippen LogP contribution in [0.25, 0.3) is 10.2 Å². The molecule has 2 rings (SSSR count). The topological polar surface area (TPSA) is 59.1 Å². The largest absolute Gasteiger partial charge is 0.380 e. The van der Waals surface area contributed by atoms with Crippen molar-refractivity contribution in [1.82, 2.24) is 9.97 Å². The Morgan fingerprint density at radius 1 is 1.24 bits per heavy atom. The molecule has 2 N–H and O–H groups in total. The van der Waals surface area contributed by atoms with E-state index in [4.69, 9.17) is 4.74 Å². The minimum absolute atomic E-state index is 0.677. The molecule has 0 aliphatic rings. The van der Waals surface area contributed by atoms with Crippen LogP contribution in [-0.2, 0) is 4.74 Å². The molecule has 2 aromatic heterocycles. The van der Waals surface area contributed by atoms with Gasteiger partial charge in [0.2, 0.25) is 5.95 Å². The van der Waals surface area contributed by atoms with Gasteiger partial charge in [0.25, 0.3) is 0 Å². The van der Waals surface area contributed by atoms with E-state index in [9.17, 15) is 0 Å². The van der Waals surface area contributed by atoms with Crippen molar-refractivity contribution in [1.29, 1.82) is 0 Å². The van der Waals surface area contributed by atoms with Gasteiger partial charge in [0.1, 0.15) is 10.6 Å². The van der Waals surface area contributed by atoms with E-state index in [1.54, 1.807) is 11.3 Å². The molecule has 6 heteroatoms. The van der Waals surface area contributed by atoms with Gasteiger partial charge in [-0.25, -0.2) is 4.98 Å². The molecule has 2 heterocycles. The first-order valence-electron chi connectivity index (χ1n) is 7.51. The van der Waals surface area contributed by atoms with Crippen LogP contribution in [0.3, 0.4) is 0 Å². The number of hydrogen-bond acceptors (Lipinski definition) is 6. The molecule has 0 fully saturated rings. The van der Waals surface area contributed by atoms with Crippen LogP contribution in [0.1, 0.15) is 27.2 Å². The zero-order valence-corrected chi connectivity index (χ0v) is 13.8. The van der Waals surface area contributed by atoms with E-state index in [-0.39, 0.29) is 0 Å². The average molecular weight is 308 g/mol. The second-order valence-electron chi connectivity index (χ2n) is 5.29. The predicted octanol–water partition coefficient (Wildman–Crippen LogP) is 3.60. The standard InChI is InChI=1S/C15H24N4OS/c1-4-16-15-18-13(12-6-10-21-14(12)19-15)17-7-9-20-8-5-11(2)3/h6,10-11H,4-5,7-9H2,1-3H3,(H2,16,17,18,19). The van der Waals surface area contributed by atoms with Crippen molar-refractivity contribution in [3.63, 3.8) is 0 Å². The minimum Gasteiger partial charge on any atom is -0.380 e. The third kappa shape index (κ3) is 4.82. The summed E-state index contributed by atoms with van der Waals surface area (Å²) in [4.78, 5) is 10.0. The van der Waals surface area contributed by atoms with E-state index in [0.29, 0.717) is 18.5 Å². The first kappa shape index (κ1) is 16.0. The van der Waals surface area contributed by atoms with Crippen LogP contribution in [0, 0.1) is 5.92 Å². The van der Waals surface area contributed by atoms with Gasteiger partial charge in [0.05, 0.1) is 12.0 Å². The second-order valence-corrected chi connectivity index (χ2v) is 6.18. The van der Waals surface area contributed by atoms with Crippen LogP contribution in [0.2, 0.25) is 0 Å². The number of aromatic nitrogens is 2. The van der Waals surface area contributed by atoms with Gasteiger partial charge in [-0.2, -0.15) is 4.98 Å². The van der Waals surface area contributed by atoms with Crippen LogP contribution in [0.5, 0.6) is 0 Å². The third-order valence-corrected chi connectivity index (χ3v) is 3.84. The highest BCUT2D eigenvalue weighted by Crippen LogP contribution is 2.26. The fourth-order valence-electron chi connectivity index (χ4n) is 1.89. The molecule has 21 heavy (non-hydrogen) atoms. The van der Waals surface area contributed by atoms with E-state index in [0.717, 1.165) is 42.2 Å². The number of rotatable bonds is 9. The lowest BCUT2D eigenvalue weighted by Gasteiger charge is -2.10. The third-order valence-electron chi connectivity index (χ3n) is 3.04. The van der Waals surface area contributed by atoms with Crippen LogP contribution in [-0.4, -0.2) is 36.3 Å². The maximum Gasteiger partial charge on any atom is 0.226 e. The maximum atomic E-state index is 5.62. The monoisotopic (exact) mass is 308 g/mol. The summed E-state index contributed by atoms with van der Waals surface area (Å²) in [6.45, 7) is 9.53. The summed E-state index contributed by atoms with van der Waals surface area (Å²) in [5, 5.41) is 9.63. The van der Waals surface area contributed by atoms with Crippen molar-refractivity contribution in [2.45, 2.75) is 27.2 Å². The Labute approximate surface area is 130 Å². The van der Waals surface area contributed by atoms with E-state index >= 15 is 0 Å². The molecule has 0 aliphatic heterocycles. The highest BCUT2D eigenvalue weighted by molar-refractivity contribution is 7.16. The first-order valence-corrected chi connectivity index (χ1v) is 8.39. The fourth-order valence-corrected chi connectivity index (χ4v) is 2.65. The first-order chi connectivity index (χ1) is 10.2. The van der Waals surface area contributed by atoms with E-state index in [1.165, 1.54) is 0 Å². The normalized spacial score (nSPS) is 11.2. The van der Waals surface area contributed by atoms with Gasteiger partial charge in [-0.05, 0) is 30.7 Å². The van der Waals surface area contributed by atoms with Crippen molar-refractivity contribution < 1.29 is 4.74 Å². The minimum atomic E-state index is 0.677. The van der Waals surface area contributed by atoms with Crippen molar-refractivity contribution in [3.05, 3.63) is 11.4 Å². The molecular formula is C15H24N4OS. The molecule has 0 atom stereocenters. The summed E-state index contributed by atoms with van der Waals surface area (Å²) in [6.07, 6.45) is 1.10. The van der Waals surface area contributed by atoms with Crippen molar-refractivity contribution in [2.75, 3.05) is 36.9 Å². The molecule has 0 radical (unpaired) electrons. The zero-order chi connectivity index (χ0) is 15.1. The molecule has 0 aliphatic carbocycles. The van der Waals surface area contributed by atoms with Crippen LogP contribution in [0.15, 0.2) is 11.4 Å². The summed E-state index contributed by atoms with van der Waals surface area (Å²) in [5.74, 6) is 2.24. The number of nitrogens with one attached hydrogen (secondary N) is 2. The van der Waals surface area contributed by atoms with Gasteiger partial charge in [-0.15, -0.1) is 11.3 Å². The maximum absolute atomic E-state index is 5.62. The number of hydrogen-bond donors (Lipinski definition) is 2. The quantitative estimate of drug-likeness (QED) is 0.693. The summed E-state index contributed by atoms with van der Waals surface area (Å²) in [5.41, 5.74) is 0. The number of nitrogens with zero attached hydrogens (tertiary/aromatic N) is 2. The summed E-state index contributed by atoms with van der Waals surface area (Å²) in [7, 11) is 0. The molecule has 0 saturated heterocycles. The van der Waals surface area contributed by atoms with Gasteiger partial charge < -0.3 is 15.4 Å². The van der Waals surface area contributed by atoms with Crippen molar-refractivity contribution >= 4 is 33.3 Å². The van der Waals surface area contributed by atoms with Crippen LogP contribution < -0.4 is 10.6 Å². The highest BCUT2D eigenvalue weighted by atomic mass is 32.1. The number of anilines is 2. The van der Waals surface area contributed by atoms with E-state index in [2.05, 4.69) is 40.5 Å². The average Bonchev–Trinajstić information content (AvgIpc) is 2.91. The molecule has 0 unspecified atom stereocenters. The van der Waals surface area contributed by atoms with Gasteiger partial charge >= 0.3 is 0 Å². The van der Waals surface area contributed by atoms with Gasteiger partial charge in [0.15, 0.2) is 0 Å². The lowest BCUT2D eigenvalue weighted by molar-refractivity contribution is 0.132. The lowest BCUT2D eigenvalue weighted by atomic mass is 10.1. The molecule has 0 saturated carbocycles. The Balaban J connectivity index is 1.89. The number of fused-ring (bicyclic) bond motifs is 1. The number of thiophene rings is 1. The molecule has 2 aromatic rings. The fraction of sp³-hybridized carbons (Fsp3) is 0.600. The van der Waals surface area contributed by atoms with Gasteiger partial charge in [-0.3, -0.25) is 0 Å². The molecule has 0 spiro atoms. The Morgan fingerprint density at radius 2 is 2.10 bits per heavy atom. The van der Waals surface area contributed by atoms with E-state index < -0.39 is 0 Å². The van der Waals surface area contributed by atoms with Gasteiger partial charge in [0, 0.05) is 19.7 Å². The highest BCUT2D eigenvalue weighted by Gasteiger charge is 2.08. The van der Waals surface area contributed by atoms with Crippen LogP contribution >= 0.6 is 11.3 Å². The zero-order valence-electron chi connectivity index (χ0n) is 13.0. The second kappa shape index (κ2) is 8.14. The van der Waals surface area contributed by atoms with Crippen molar-refractivity contribution in [3.8, 4) is 0 Å². The summed E-state index contributed by atoms with van der Waals surface area (Å²) < 4.78 is 5.62. The van der Waals surface area contributed by atoms with E-state index in [1.807, 2.05) is 12.3 Å². The SMILES string of the molecule is CCNc1nc(NCCOCCC(C)C)c2ccsc2n1. The Morgan fingerprint density at radius 3 is 2.86 bits per heavy atom. The van der Waals surface area contributed by atoms with Crippen molar-refractivity contribution in [2.24, 2.45) is 5.92 Å². The Bertz CT molecular complexity index is 556. The molecule has 116 valence electrons. The molecule has 0 amide bonds. The lowest BCUT2D eigenvalue weighted by Crippen LogP contribution is -2.13. The number of ether oxygens (including phenoxy) is 1. The van der Waals surface area contributed by atoms with Crippen LogP contribution in [0.4, 0.5) is 11.8 Å². The summed E-state index contributed by atoms with van der Waals surface area (Å²) in [6, 6.07) is 2.05. The molecule has 5 nitrogen and oxygen atoms in total. The Hall–Kier alpha value is -1.40. The smallest absolute Gasteiger partial charge is 0.226 e. The predicted molar refractivity (Wildman–Crippen MR) is 90.3 cm³/mol.